The average Bonchev–Trinajstić information content (AvgIpc) is 2.96. The van der Waals surface area contributed by atoms with Gasteiger partial charge in [0.1, 0.15) is 6.73 Å². The quantitative estimate of drug-likeness (QED) is 0.314. The Bertz CT molecular complexity index is 930. The lowest BCUT2D eigenvalue weighted by atomic mass is 10.0. The van der Waals surface area contributed by atoms with Crippen LogP contribution in [0.3, 0.4) is 0 Å². The zero-order valence-corrected chi connectivity index (χ0v) is 17.3. The third kappa shape index (κ3) is 3.52. The minimum atomic E-state index is -1.07. The van der Waals surface area contributed by atoms with Crippen molar-refractivity contribution in [3.05, 3.63) is 54.9 Å². The summed E-state index contributed by atoms with van der Waals surface area (Å²) >= 11 is 1.82. The Morgan fingerprint density at radius 1 is 0.962 bits per heavy atom. The van der Waals surface area contributed by atoms with Gasteiger partial charge in [-0.3, -0.25) is 0 Å². The Morgan fingerprint density at radius 2 is 1.62 bits per heavy atom. The molecule has 0 bridgehead atoms. The van der Waals surface area contributed by atoms with Gasteiger partial charge in [-0.2, -0.15) is 0 Å². The first-order valence-electron chi connectivity index (χ1n) is 9.02. The van der Waals surface area contributed by atoms with Gasteiger partial charge >= 0.3 is 0 Å². The lowest BCUT2D eigenvalue weighted by Gasteiger charge is -2.16. The molecule has 4 rings (SSSR count). The molecule has 0 fully saturated rings. The largest absolute Gasteiger partial charge is 0.361 e. The van der Waals surface area contributed by atoms with E-state index in [9.17, 15) is 0 Å². The molecular weight excluding hydrogens is 356 g/mol. The van der Waals surface area contributed by atoms with Gasteiger partial charge in [0, 0.05) is 35.6 Å². The van der Waals surface area contributed by atoms with Gasteiger partial charge in [-0.05, 0) is 18.2 Å². The summed E-state index contributed by atoms with van der Waals surface area (Å²) in [5, 5.41) is 0. The molecule has 0 atom stereocenters. The van der Waals surface area contributed by atoms with E-state index in [1.165, 1.54) is 27.0 Å². The fraction of sp³-hybridized carbons (Fsp3) is 0.286. The summed E-state index contributed by atoms with van der Waals surface area (Å²) in [7, 11) is -1.07. The van der Waals surface area contributed by atoms with Crippen molar-refractivity contribution in [3.63, 3.8) is 0 Å². The Labute approximate surface area is 160 Å². The van der Waals surface area contributed by atoms with Crippen LogP contribution < -0.4 is 0 Å². The predicted molar refractivity (Wildman–Crippen MR) is 111 cm³/mol. The molecule has 26 heavy (non-hydrogen) atoms. The van der Waals surface area contributed by atoms with Gasteiger partial charge in [-0.1, -0.05) is 67.8 Å². The molecule has 0 saturated carbocycles. The van der Waals surface area contributed by atoms with Crippen LogP contribution in [0.2, 0.25) is 25.7 Å². The molecule has 3 aromatic rings. The highest BCUT2D eigenvalue weighted by Gasteiger charge is 2.24. The molecule has 0 unspecified atom stereocenters. The Kier molecular flexibility index (Phi) is 4.78. The normalized spacial score (nSPS) is 12.9. The Morgan fingerprint density at radius 3 is 2.35 bits per heavy atom. The minimum absolute atomic E-state index is 0.550. The minimum Gasteiger partial charge on any atom is -0.361 e. The second kappa shape index (κ2) is 7.06. The topological polar surface area (TPSA) is 27.1 Å². The summed E-state index contributed by atoms with van der Waals surface area (Å²) in [6.45, 7) is 8.50. The smallest absolute Gasteiger partial charge is 0.124 e. The second-order valence-electron chi connectivity index (χ2n) is 7.85. The van der Waals surface area contributed by atoms with Crippen molar-refractivity contribution >= 4 is 19.8 Å². The summed E-state index contributed by atoms with van der Waals surface area (Å²) in [4.78, 5) is 7.28. The van der Waals surface area contributed by atoms with E-state index in [0.717, 1.165) is 18.0 Å². The number of ether oxygens (including phenoxy) is 1. The van der Waals surface area contributed by atoms with E-state index >= 15 is 0 Å². The molecule has 0 aliphatic carbocycles. The van der Waals surface area contributed by atoms with Crippen LogP contribution in [0, 0.1) is 0 Å². The van der Waals surface area contributed by atoms with Gasteiger partial charge in [0.25, 0.3) is 0 Å². The lowest BCUT2D eigenvalue weighted by Crippen LogP contribution is -2.22. The number of hydrogen-bond acceptors (Lipinski definition) is 3. The van der Waals surface area contributed by atoms with Crippen molar-refractivity contribution < 1.29 is 4.74 Å². The van der Waals surface area contributed by atoms with Gasteiger partial charge < -0.3 is 9.30 Å². The van der Waals surface area contributed by atoms with Crippen LogP contribution in [0.15, 0.2) is 64.6 Å². The fourth-order valence-corrected chi connectivity index (χ4v) is 4.96. The summed E-state index contributed by atoms with van der Waals surface area (Å²) in [6, 6.07) is 18.3. The molecule has 134 valence electrons. The first kappa shape index (κ1) is 17.6. The molecule has 0 amide bonds. The third-order valence-corrected chi connectivity index (χ3v) is 7.42. The number of imidazole rings is 1. The number of aromatic nitrogens is 2. The number of benzene rings is 2. The zero-order chi connectivity index (χ0) is 18.1. The molecule has 0 spiro atoms. The molecule has 3 nitrogen and oxygen atoms in total. The van der Waals surface area contributed by atoms with Crippen LogP contribution in [0.1, 0.15) is 0 Å². The number of hydrogen-bond donors (Lipinski definition) is 0. The van der Waals surface area contributed by atoms with Crippen molar-refractivity contribution in [2.24, 2.45) is 0 Å². The van der Waals surface area contributed by atoms with Crippen LogP contribution in [-0.2, 0) is 11.5 Å². The first-order chi connectivity index (χ1) is 12.5. The molecule has 1 aliphatic rings. The summed E-state index contributed by atoms with van der Waals surface area (Å²) in [6.07, 6.45) is 1.92. The highest BCUT2D eigenvalue weighted by molar-refractivity contribution is 7.99. The van der Waals surface area contributed by atoms with Crippen LogP contribution >= 0.6 is 11.8 Å². The van der Waals surface area contributed by atoms with Crippen molar-refractivity contribution in [2.75, 3.05) is 6.61 Å². The number of fused-ring (bicyclic) bond motifs is 5. The predicted octanol–water partition coefficient (Wildman–Crippen LogP) is 5.99. The van der Waals surface area contributed by atoms with Crippen LogP contribution in [0.5, 0.6) is 0 Å². The maximum absolute atomic E-state index is 6.01. The maximum Gasteiger partial charge on any atom is 0.124 e. The van der Waals surface area contributed by atoms with Crippen LogP contribution in [0.4, 0.5) is 0 Å². The molecule has 2 aromatic carbocycles. The summed E-state index contributed by atoms with van der Waals surface area (Å²) in [5.74, 6) is 0. The average molecular weight is 381 g/mol. The van der Waals surface area contributed by atoms with Crippen LogP contribution in [-0.4, -0.2) is 24.2 Å². The summed E-state index contributed by atoms with van der Waals surface area (Å²) in [5.41, 5.74) is 4.64. The molecule has 0 N–H and O–H groups in total. The van der Waals surface area contributed by atoms with E-state index in [1.54, 1.807) is 0 Å². The van der Waals surface area contributed by atoms with Gasteiger partial charge in [-0.15, -0.1) is 0 Å². The maximum atomic E-state index is 6.01. The van der Waals surface area contributed by atoms with E-state index < -0.39 is 8.07 Å². The van der Waals surface area contributed by atoms with Gasteiger partial charge in [0.15, 0.2) is 0 Å². The van der Waals surface area contributed by atoms with Gasteiger partial charge in [0.2, 0.25) is 0 Å². The SMILES string of the molecule is C[Si](C)(C)CCOCn1cnc2c1-c1ccccc1Sc1ccccc1-2. The highest BCUT2D eigenvalue weighted by Crippen LogP contribution is 2.47. The number of rotatable bonds is 5. The molecular formula is C21H24N2OSSi. The standard InChI is InChI=1S/C21H24N2OSSi/c1-26(2,3)13-12-24-15-23-14-22-20-16-8-4-6-10-18(16)25-19-11-7-5-9-17(19)21(20)23/h4-11,14H,12-13,15H2,1-3H3. The van der Waals surface area contributed by atoms with E-state index in [1.807, 2.05) is 18.1 Å². The Balaban J connectivity index is 1.71. The van der Waals surface area contributed by atoms with E-state index in [2.05, 4.69) is 72.7 Å². The Hall–Kier alpha value is -1.82. The van der Waals surface area contributed by atoms with E-state index in [-0.39, 0.29) is 0 Å². The fourth-order valence-electron chi connectivity index (χ4n) is 3.12. The zero-order valence-electron chi connectivity index (χ0n) is 15.5. The van der Waals surface area contributed by atoms with Crippen molar-refractivity contribution in [2.45, 2.75) is 42.2 Å². The monoisotopic (exact) mass is 380 g/mol. The summed E-state index contributed by atoms with van der Waals surface area (Å²) < 4.78 is 8.17. The number of nitrogens with zero attached hydrogens (tertiary/aromatic N) is 2. The van der Waals surface area contributed by atoms with Gasteiger partial charge in [0.05, 0.1) is 17.7 Å². The molecule has 2 heterocycles. The molecule has 5 heteroatoms. The third-order valence-electron chi connectivity index (χ3n) is 4.57. The molecule has 1 aliphatic heterocycles. The van der Waals surface area contributed by atoms with Crippen LogP contribution in [0.25, 0.3) is 22.5 Å². The second-order valence-corrected chi connectivity index (χ2v) is 14.6. The first-order valence-corrected chi connectivity index (χ1v) is 13.5. The van der Waals surface area contributed by atoms with Crippen molar-refractivity contribution in [3.8, 4) is 22.5 Å². The highest BCUT2D eigenvalue weighted by atomic mass is 32.2. The molecule has 0 radical (unpaired) electrons. The van der Waals surface area contributed by atoms with Gasteiger partial charge in [-0.25, -0.2) is 4.98 Å². The van der Waals surface area contributed by atoms with E-state index in [0.29, 0.717) is 6.73 Å². The lowest BCUT2D eigenvalue weighted by molar-refractivity contribution is 0.0882. The molecule has 1 aromatic heterocycles. The van der Waals surface area contributed by atoms with E-state index in [4.69, 9.17) is 9.72 Å². The van der Waals surface area contributed by atoms with Crippen molar-refractivity contribution in [1.82, 2.24) is 9.55 Å². The molecule has 0 saturated heterocycles. The van der Waals surface area contributed by atoms with Crippen molar-refractivity contribution in [1.29, 1.82) is 0 Å².